The first-order valence-electron chi connectivity index (χ1n) is 4.90. The highest BCUT2D eigenvalue weighted by molar-refractivity contribution is 6.29. The molecule has 2 rings (SSSR count). The quantitative estimate of drug-likeness (QED) is 0.513. The van der Waals surface area contributed by atoms with E-state index in [-0.39, 0.29) is 23.2 Å². The van der Waals surface area contributed by atoms with E-state index in [0.717, 1.165) is 0 Å². The number of nitrogens with one attached hydrogen (secondary N) is 1. The third kappa shape index (κ3) is 2.72. The predicted molar refractivity (Wildman–Crippen MR) is 62.3 cm³/mol. The fourth-order valence-electron chi connectivity index (χ4n) is 1.28. The molecule has 0 amide bonds. The number of nitrogens with zero attached hydrogens (tertiary/aromatic N) is 4. The van der Waals surface area contributed by atoms with Gasteiger partial charge in [0.05, 0.1) is 11.5 Å². The zero-order chi connectivity index (χ0) is 13.1. The highest BCUT2D eigenvalue weighted by Gasteiger charge is 2.16. The molecular formula is C9H8ClN5O3. The Labute approximate surface area is 106 Å². The Morgan fingerprint density at radius 3 is 2.89 bits per heavy atom. The SMILES string of the molecule is Cc1nc(CNc2nc(Cl)ccc2[N+](=O)[O-])no1. The lowest BCUT2D eigenvalue weighted by Gasteiger charge is -2.03. The zero-order valence-corrected chi connectivity index (χ0v) is 10.0. The van der Waals surface area contributed by atoms with Crippen LogP contribution in [0.5, 0.6) is 0 Å². The van der Waals surface area contributed by atoms with Crippen molar-refractivity contribution in [3.8, 4) is 0 Å². The van der Waals surface area contributed by atoms with Gasteiger partial charge in [0.1, 0.15) is 5.15 Å². The van der Waals surface area contributed by atoms with Crippen molar-refractivity contribution >= 4 is 23.1 Å². The monoisotopic (exact) mass is 269 g/mol. The van der Waals surface area contributed by atoms with E-state index in [1.165, 1.54) is 12.1 Å². The van der Waals surface area contributed by atoms with Gasteiger partial charge in [0.25, 0.3) is 0 Å². The largest absolute Gasteiger partial charge is 0.357 e. The number of aryl methyl sites for hydroxylation is 1. The molecule has 94 valence electrons. The van der Waals surface area contributed by atoms with Crippen LogP contribution in [0.4, 0.5) is 11.5 Å². The van der Waals surface area contributed by atoms with E-state index < -0.39 is 4.92 Å². The number of pyridine rings is 1. The highest BCUT2D eigenvalue weighted by Crippen LogP contribution is 2.24. The summed E-state index contributed by atoms with van der Waals surface area (Å²) in [6, 6.07) is 2.63. The molecular weight excluding hydrogens is 262 g/mol. The lowest BCUT2D eigenvalue weighted by molar-refractivity contribution is -0.384. The van der Waals surface area contributed by atoms with Crippen molar-refractivity contribution in [2.45, 2.75) is 13.5 Å². The molecule has 0 aliphatic rings. The number of halogens is 1. The average Bonchev–Trinajstić information content (AvgIpc) is 2.72. The van der Waals surface area contributed by atoms with E-state index >= 15 is 0 Å². The topological polar surface area (TPSA) is 107 Å². The van der Waals surface area contributed by atoms with Gasteiger partial charge in [-0.05, 0) is 6.07 Å². The van der Waals surface area contributed by atoms with Gasteiger partial charge < -0.3 is 9.84 Å². The minimum atomic E-state index is -0.548. The van der Waals surface area contributed by atoms with E-state index in [2.05, 4.69) is 20.4 Å². The Balaban J connectivity index is 2.17. The van der Waals surface area contributed by atoms with Gasteiger partial charge in [0, 0.05) is 13.0 Å². The van der Waals surface area contributed by atoms with Crippen LogP contribution in [0.25, 0.3) is 0 Å². The number of hydrogen-bond acceptors (Lipinski definition) is 7. The number of anilines is 1. The molecule has 2 heterocycles. The maximum Gasteiger partial charge on any atom is 0.311 e. The molecule has 2 aromatic rings. The van der Waals surface area contributed by atoms with Crippen LogP contribution in [0.3, 0.4) is 0 Å². The summed E-state index contributed by atoms with van der Waals surface area (Å²) in [5.41, 5.74) is -0.167. The van der Waals surface area contributed by atoms with E-state index in [9.17, 15) is 10.1 Å². The zero-order valence-electron chi connectivity index (χ0n) is 9.25. The van der Waals surface area contributed by atoms with Crippen LogP contribution >= 0.6 is 11.6 Å². The van der Waals surface area contributed by atoms with Crippen LogP contribution in [-0.2, 0) is 6.54 Å². The first kappa shape index (κ1) is 12.2. The van der Waals surface area contributed by atoms with Crippen molar-refractivity contribution in [3.63, 3.8) is 0 Å². The van der Waals surface area contributed by atoms with E-state index in [4.69, 9.17) is 16.1 Å². The van der Waals surface area contributed by atoms with Crippen LogP contribution in [0.15, 0.2) is 16.7 Å². The Morgan fingerprint density at radius 2 is 2.28 bits per heavy atom. The van der Waals surface area contributed by atoms with Crippen LogP contribution in [0.1, 0.15) is 11.7 Å². The van der Waals surface area contributed by atoms with Crippen LogP contribution < -0.4 is 5.32 Å². The van der Waals surface area contributed by atoms with Gasteiger partial charge in [0.15, 0.2) is 5.82 Å². The lowest BCUT2D eigenvalue weighted by Crippen LogP contribution is -2.06. The Morgan fingerprint density at radius 1 is 1.50 bits per heavy atom. The molecule has 0 atom stereocenters. The van der Waals surface area contributed by atoms with Crippen LogP contribution in [0, 0.1) is 17.0 Å². The molecule has 0 aliphatic heterocycles. The van der Waals surface area contributed by atoms with Crippen molar-refractivity contribution in [3.05, 3.63) is 39.1 Å². The van der Waals surface area contributed by atoms with Gasteiger partial charge in [-0.15, -0.1) is 0 Å². The molecule has 0 fully saturated rings. The molecule has 0 saturated heterocycles. The molecule has 9 heteroatoms. The molecule has 18 heavy (non-hydrogen) atoms. The molecule has 0 bridgehead atoms. The summed E-state index contributed by atoms with van der Waals surface area (Å²) < 4.78 is 4.77. The maximum atomic E-state index is 10.8. The lowest BCUT2D eigenvalue weighted by atomic mass is 10.4. The number of nitro groups is 1. The van der Waals surface area contributed by atoms with Gasteiger partial charge in [-0.1, -0.05) is 16.8 Å². The molecule has 0 aliphatic carbocycles. The Hall–Kier alpha value is -2.22. The van der Waals surface area contributed by atoms with Gasteiger partial charge in [-0.25, -0.2) is 4.98 Å². The van der Waals surface area contributed by atoms with Crippen molar-refractivity contribution in [1.29, 1.82) is 0 Å². The molecule has 0 saturated carbocycles. The summed E-state index contributed by atoms with van der Waals surface area (Å²) in [5, 5.41) is 17.3. The molecule has 1 N–H and O–H groups in total. The minimum absolute atomic E-state index is 0.0648. The molecule has 0 aromatic carbocycles. The second-order valence-electron chi connectivity index (χ2n) is 3.34. The molecule has 0 spiro atoms. The molecule has 0 unspecified atom stereocenters. The summed E-state index contributed by atoms with van der Waals surface area (Å²) in [4.78, 5) is 18.0. The summed E-state index contributed by atoms with van der Waals surface area (Å²) in [7, 11) is 0. The Bertz CT molecular complexity index is 585. The summed E-state index contributed by atoms with van der Waals surface area (Å²) in [5.74, 6) is 0.860. The van der Waals surface area contributed by atoms with Gasteiger partial charge in [-0.3, -0.25) is 10.1 Å². The molecule has 2 aromatic heterocycles. The standard InChI is InChI=1S/C9H8ClN5O3/c1-5-12-8(14-18-5)4-11-9-6(15(16)17)2-3-7(10)13-9/h2-3H,4H2,1H3,(H,11,13). The fraction of sp³-hybridized carbons (Fsp3) is 0.222. The summed E-state index contributed by atoms with van der Waals surface area (Å²) in [6.07, 6.45) is 0. The second kappa shape index (κ2) is 4.96. The predicted octanol–water partition coefficient (Wildman–Crippen LogP) is 1.95. The summed E-state index contributed by atoms with van der Waals surface area (Å²) >= 11 is 5.68. The van der Waals surface area contributed by atoms with Gasteiger partial charge in [-0.2, -0.15) is 4.98 Å². The van der Waals surface area contributed by atoms with Crippen molar-refractivity contribution in [2.75, 3.05) is 5.32 Å². The third-order valence-electron chi connectivity index (χ3n) is 2.02. The average molecular weight is 270 g/mol. The summed E-state index contributed by atoms with van der Waals surface area (Å²) in [6.45, 7) is 1.81. The van der Waals surface area contributed by atoms with Crippen molar-refractivity contribution < 1.29 is 9.45 Å². The number of aromatic nitrogens is 3. The van der Waals surface area contributed by atoms with Gasteiger partial charge in [0.2, 0.25) is 11.7 Å². The van der Waals surface area contributed by atoms with Crippen molar-refractivity contribution in [2.24, 2.45) is 0 Å². The van der Waals surface area contributed by atoms with E-state index in [0.29, 0.717) is 11.7 Å². The van der Waals surface area contributed by atoms with Crippen LogP contribution in [0.2, 0.25) is 5.15 Å². The Kier molecular flexibility index (Phi) is 3.38. The molecule has 0 radical (unpaired) electrons. The second-order valence-corrected chi connectivity index (χ2v) is 3.73. The van der Waals surface area contributed by atoms with Crippen LogP contribution in [-0.4, -0.2) is 20.0 Å². The number of hydrogen-bond donors (Lipinski definition) is 1. The first-order chi connectivity index (χ1) is 8.56. The van der Waals surface area contributed by atoms with Gasteiger partial charge >= 0.3 is 5.69 Å². The van der Waals surface area contributed by atoms with E-state index in [1.807, 2.05) is 0 Å². The molecule has 8 nitrogen and oxygen atoms in total. The smallest absolute Gasteiger partial charge is 0.311 e. The number of rotatable bonds is 4. The normalized spacial score (nSPS) is 10.3. The van der Waals surface area contributed by atoms with E-state index in [1.54, 1.807) is 6.92 Å². The maximum absolute atomic E-state index is 10.8. The third-order valence-corrected chi connectivity index (χ3v) is 2.23. The fourth-order valence-corrected chi connectivity index (χ4v) is 1.43. The minimum Gasteiger partial charge on any atom is -0.357 e. The van der Waals surface area contributed by atoms with Crippen molar-refractivity contribution in [1.82, 2.24) is 15.1 Å². The highest BCUT2D eigenvalue weighted by atomic mass is 35.5. The first-order valence-corrected chi connectivity index (χ1v) is 5.28.